The quantitative estimate of drug-likeness (QED) is 0.691. The fraction of sp³-hybridized carbons (Fsp3) is 0.0952. The Labute approximate surface area is 167 Å². The molecule has 1 aromatic heterocycles. The number of carbonyl (C=O) groups is 2. The van der Waals surface area contributed by atoms with E-state index in [1.54, 1.807) is 24.5 Å². The lowest BCUT2D eigenvalue weighted by molar-refractivity contribution is 0.0952. The molecule has 2 amide bonds. The fourth-order valence-corrected chi connectivity index (χ4v) is 4.76. The van der Waals surface area contributed by atoms with E-state index in [1.165, 1.54) is 30.3 Å². The SMILES string of the molecule is O=C(NCCc1cccnc1)c1ccc2c(c1)NC(=O)c1ccccc1S2(=O)=O. The van der Waals surface area contributed by atoms with Gasteiger partial charge in [0.25, 0.3) is 11.8 Å². The molecule has 4 rings (SSSR count). The maximum atomic E-state index is 13.0. The Morgan fingerprint density at radius 1 is 1.03 bits per heavy atom. The molecule has 0 fully saturated rings. The maximum absolute atomic E-state index is 13.0. The number of nitrogens with zero attached hydrogens (tertiary/aromatic N) is 1. The number of amides is 2. The number of rotatable bonds is 4. The van der Waals surface area contributed by atoms with Crippen molar-refractivity contribution in [2.45, 2.75) is 16.2 Å². The standard InChI is InChI=1S/C21H17N3O4S/c25-20(23-11-9-14-4-3-10-22-13-14)15-7-8-19-17(12-15)24-21(26)16-5-1-2-6-18(16)29(19,27)28/h1-8,10,12-13H,9,11H2,(H,23,25)(H,24,26). The number of fused-ring (bicyclic) bond motifs is 2. The molecule has 0 bridgehead atoms. The third-order valence-electron chi connectivity index (χ3n) is 4.62. The zero-order valence-electron chi connectivity index (χ0n) is 15.3. The zero-order chi connectivity index (χ0) is 20.4. The van der Waals surface area contributed by atoms with Gasteiger partial charge in [-0.3, -0.25) is 14.6 Å². The van der Waals surface area contributed by atoms with Gasteiger partial charge in [0.05, 0.1) is 21.0 Å². The molecule has 0 aliphatic carbocycles. The molecule has 146 valence electrons. The zero-order valence-corrected chi connectivity index (χ0v) is 16.1. The second-order valence-electron chi connectivity index (χ2n) is 6.53. The molecule has 0 atom stereocenters. The van der Waals surface area contributed by atoms with E-state index < -0.39 is 15.7 Å². The van der Waals surface area contributed by atoms with Gasteiger partial charge in [0.1, 0.15) is 0 Å². The first-order chi connectivity index (χ1) is 14.0. The predicted molar refractivity (Wildman–Crippen MR) is 107 cm³/mol. The van der Waals surface area contributed by atoms with E-state index in [-0.39, 0.29) is 32.5 Å². The van der Waals surface area contributed by atoms with Crippen LogP contribution >= 0.6 is 0 Å². The summed E-state index contributed by atoms with van der Waals surface area (Å²) in [7, 11) is -3.89. The van der Waals surface area contributed by atoms with Crippen molar-refractivity contribution in [3.63, 3.8) is 0 Å². The molecule has 8 heteroatoms. The number of anilines is 1. The molecule has 1 aliphatic rings. The van der Waals surface area contributed by atoms with Gasteiger partial charge in [-0.15, -0.1) is 0 Å². The smallest absolute Gasteiger partial charge is 0.257 e. The number of hydrogen-bond acceptors (Lipinski definition) is 5. The lowest BCUT2D eigenvalue weighted by Crippen LogP contribution is -2.26. The van der Waals surface area contributed by atoms with Crippen LogP contribution < -0.4 is 10.6 Å². The van der Waals surface area contributed by atoms with E-state index in [4.69, 9.17) is 0 Å². The number of aromatic nitrogens is 1. The Morgan fingerprint density at radius 2 is 1.86 bits per heavy atom. The summed E-state index contributed by atoms with van der Waals surface area (Å²) in [6.07, 6.45) is 4.02. The van der Waals surface area contributed by atoms with Gasteiger partial charge in [-0.05, 0) is 48.4 Å². The number of carbonyl (C=O) groups excluding carboxylic acids is 2. The van der Waals surface area contributed by atoms with Crippen LogP contribution in [0.4, 0.5) is 5.69 Å². The van der Waals surface area contributed by atoms with E-state index in [1.807, 2.05) is 12.1 Å². The second-order valence-corrected chi connectivity index (χ2v) is 8.42. The molecule has 2 aromatic carbocycles. The largest absolute Gasteiger partial charge is 0.352 e. The molecule has 7 nitrogen and oxygen atoms in total. The Balaban J connectivity index is 1.58. The molecule has 0 spiro atoms. The van der Waals surface area contributed by atoms with Gasteiger partial charge in [-0.25, -0.2) is 8.42 Å². The van der Waals surface area contributed by atoms with E-state index in [9.17, 15) is 18.0 Å². The first-order valence-corrected chi connectivity index (χ1v) is 10.4. The number of sulfone groups is 1. The molecule has 0 radical (unpaired) electrons. The van der Waals surface area contributed by atoms with Crippen molar-refractivity contribution >= 4 is 27.3 Å². The van der Waals surface area contributed by atoms with Gasteiger partial charge in [0, 0.05) is 24.5 Å². The first kappa shape index (κ1) is 18.8. The Bertz CT molecular complexity index is 1210. The first-order valence-electron chi connectivity index (χ1n) is 8.93. The van der Waals surface area contributed by atoms with Crippen molar-refractivity contribution in [3.8, 4) is 0 Å². The Hall–Kier alpha value is -3.52. The van der Waals surface area contributed by atoms with Gasteiger partial charge >= 0.3 is 0 Å². The van der Waals surface area contributed by atoms with Crippen molar-refractivity contribution in [1.29, 1.82) is 0 Å². The monoisotopic (exact) mass is 407 g/mol. The molecule has 1 aliphatic heterocycles. The second kappa shape index (κ2) is 7.48. The van der Waals surface area contributed by atoms with Crippen LogP contribution in [0.2, 0.25) is 0 Å². The summed E-state index contributed by atoms with van der Waals surface area (Å²) in [5.41, 5.74) is 1.42. The summed E-state index contributed by atoms with van der Waals surface area (Å²) in [6.45, 7) is 0.401. The van der Waals surface area contributed by atoms with Gasteiger partial charge in [0.2, 0.25) is 9.84 Å². The Morgan fingerprint density at radius 3 is 2.66 bits per heavy atom. The van der Waals surface area contributed by atoms with Gasteiger partial charge in [0.15, 0.2) is 0 Å². The number of pyridine rings is 1. The van der Waals surface area contributed by atoms with E-state index in [0.29, 0.717) is 13.0 Å². The minimum absolute atomic E-state index is 0.0392. The van der Waals surface area contributed by atoms with Crippen LogP contribution in [-0.4, -0.2) is 31.8 Å². The average molecular weight is 407 g/mol. The van der Waals surface area contributed by atoms with Crippen LogP contribution in [0.3, 0.4) is 0 Å². The van der Waals surface area contributed by atoms with Crippen LogP contribution in [-0.2, 0) is 16.3 Å². The predicted octanol–water partition coefficient (Wildman–Crippen LogP) is 2.45. The number of hydrogen-bond donors (Lipinski definition) is 2. The van der Waals surface area contributed by atoms with Crippen LogP contribution in [0.5, 0.6) is 0 Å². The van der Waals surface area contributed by atoms with Crippen molar-refractivity contribution in [2.75, 3.05) is 11.9 Å². The molecule has 0 saturated carbocycles. The van der Waals surface area contributed by atoms with Gasteiger partial charge < -0.3 is 10.6 Å². The average Bonchev–Trinajstić information content (AvgIpc) is 2.81. The summed E-state index contributed by atoms with van der Waals surface area (Å²) >= 11 is 0. The van der Waals surface area contributed by atoms with Gasteiger partial charge in [-0.2, -0.15) is 0 Å². The maximum Gasteiger partial charge on any atom is 0.257 e. The number of nitrogens with one attached hydrogen (secondary N) is 2. The van der Waals surface area contributed by atoms with E-state index >= 15 is 0 Å². The summed E-state index contributed by atoms with van der Waals surface area (Å²) in [5.74, 6) is -0.887. The highest BCUT2D eigenvalue weighted by Crippen LogP contribution is 2.34. The van der Waals surface area contributed by atoms with Crippen molar-refractivity contribution in [2.24, 2.45) is 0 Å². The summed E-state index contributed by atoms with van der Waals surface area (Å²) < 4.78 is 25.9. The van der Waals surface area contributed by atoms with Crippen molar-refractivity contribution in [3.05, 3.63) is 83.7 Å². The van der Waals surface area contributed by atoms with Gasteiger partial charge in [-0.1, -0.05) is 18.2 Å². The summed E-state index contributed by atoms with van der Waals surface area (Å²) in [6, 6.07) is 13.9. The third kappa shape index (κ3) is 3.62. The molecule has 2 heterocycles. The highest BCUT2D eigenvalue weighted by molar-refractivity contribution is 7.91. The molecule has 3 aromatic rings. The van der Waals surface area contributed by atoms with Crippen LogP contribution in [0.25, 0.3) is 0 Å². The summed E-state index contributed by atoms with van der Waals surface area (Å²) in [5, 5.41) is 5.40. The minimum atomic E-state index is -3.89. The minimum Gasteiger partial charge on any atom is -0.352 e. The molecule has 29 heavy (non-hydrogen) atoms. The topological polar surface area (TPSA) is 105 Å². The molecule has 2 N–H and O–H groups in total. The normalized spacial score (nSPS) is 14.1. The molecular formula is C21H17N3O4S. The molecule has 0 saturated heterocycles. The highest BCUT2D eigenvalue weighted by atomic mass is 32.2. The van der Waals surface area contributed by atoms with Crippen LogP contribution in [0.1, 0.15) is 26.3 Å². The Kier molecular flexibility index (Phi) is 4.85. The lowest BCUT2D eigenvalue weighted by atomic mass is 10.1. The fourth-order valence-electron chi connectivity index (χ4n) is 3.17. The van der Waals surface area contributed by atoms with Crippen LogP contribution in [0.15, 0.2) is 76.8 Å². The third-order valence-corrected chi connectivity index (χ3v) is 6.49. The summed E-state index contributed by atoms with van der Waals surface area (Å²) in [4.78, 5) is 28.9. The van der Waals surface area contributed by atoms with E-state index in [0.717, 1.165) is 5.56 Å². The highest BCUT2D eigenvalue weighted by Gasteiger charge is 2.31. The molecular weight excluding hydrogens is 390 g/mol. The van der Waals surface area contributed by atoms with Crippen LogP contribution in [0, 0.1) is 0 Å². The number of benzene rings is 2. The molecule has 0 unspecified atom stereocenters. The van der Waals surface area contributed by atoms with E-state index in [2.05, 4.69) is 15.6 Å². The van der Waals surface area contributed by atoms with Crippen molar-refractivity contribution in [1.82, 2.24) is 10.3 Å². The van der Waals surface area contributed by atoms with Crippen molar-refractivity contribution < 1.29 is 18.0 Å². The lowest BCUT2D eigenvalue weighted by Gasteiger charge is -2.10.